The molecule has 0 bridgehead atoms. The van der Waals surface area contributed by atoms with Gasteiger partial charge in [-0.05, 0) is 49.6 Å². The van der Waals surface area contributed by atoms with Crippen molar-refractivity contribution >= 4 is 16.8 Å². The van der Waals surface area contributed by atoms with E-state index in [4.69, 9.17) is 4.98 Å². The van der Waals surface area contributed by atoms with Gasteiger partial charge in [-0.2, -0.15) is 0 Å². The van der Waals surface area contributed by atoms with Crippen LogP contribution >= 0.6 is 0 Å². The highest BCUT2D eigenvalue weighted by Gasteiger charge is 2.14. The highest BCUT2D eigenvalue weighted by molar-refractivity contribution is 6.07. The van der Waals surface area contributed by atoms with Crippen LogP contribution in [-0.2, 0) is 0 Å². The predicted molar refractivity (Wildman–Crippen MR) is 113 cm³/mol. The van der Waals surface area contributed by atoms with Crippen molar-refractivity contribution in [2.24, 2.45) is 0 Å². The number of pyridine rings is 1. The number of nitrogens with zero attached hydrogens (tertiary/aromatic N) is 1. The summed E-state index contributed by atoms with van der Waals surface area (Å²) in [5, 5.41) is 3.98. The normalized spacial score (nSPS) is 10.9. The van der Waals surface area contributed by atoms with Gasteiger partial charge in [0.1, 0.15) is 0 Å². The molecule has 0 fully saturated rings. The van der Waals surface area contributed by atoms with E-state index in [-0.39, 0.29) is 5.91 Å². The van der Waals surface area contributed by atoms with Crippen LogP contribution < -0.4 is 5.32 Å². The number of carbonyl (C=O) groups excluding carboxylic acids is 1. The molecule has 0 atom stereocenters. The summed E-state index contributed by atoms with van der Waals surface area (Å²) in [7, 11) is 0. The summed E-state index contributed by atoms with van der Waals surface area (Å²) in [5.74, 6) is -0.0183. The van der Waals surface area contributed by atoms with Gasteiger partial charge in [-0.1, -0.05) is 56.5 Å². The van der Waals surface area contributed by atoms with Gasteiger partial charge in [0.25, 0.3) is 5.91 Å². The van der Waals surface area contributed by atoms with E-state index in [0.717, 1.165) is 35.0 Å². The number of fused-ring (bicyclic) bond motifs is 1. The van der Waals surface area contributed by atoms with Crippen molar-refractivity contribution in [3.05, 3.63) is 65.2 Å². The molecule has 1 N–H and O–H groups in total. The topological polar surface area (TPSA) is 42.0 Å². The summed E-state index contributed by atoms with van der Waals surface area (Å²) >= 11 is 0. The predicted octanol–water partition coefficient (Wildman–Crippen LogP) is 5.83. The van der Waals surface area contributed by atoms with Crippen LogP contribution in [0.15, 0.2) is 48.5 Å². The van der Waals surface area contributed by atoms with Crippen molar-refractivity contribution in [2.45, 2.75) is 46.5 Å². The third-order valence-electron chi connectivity index (χ3n) is 5.08. The second-order valence-electron chi connectivity index (χ2n) is 7.19. The first kappa shape index (κ1) is 19.1. The zero-order valence-corrected chi connectivity index (χ0v) is 16.5. The van der Waals surface area contributed by atoms with Crippen molar-refractivity contribution in [2.75, 3.05) is 6.54 Å². The first-order chi connectivity index (χ1) is 13.1. The van der Waals surface area contributed by atoms with Crippen LogP contribution in [0.5, 0.6) is 0 Å². The molecule has 1 amide bonds. The first-order valence-electron chi connectivity index (χ1n) is 9.85. The summed E-state index contributed by atoms with van der Waals surface area (Å²) < 4.78 is 0. The molecule has 0 radical (unpaired) electrons. The van der Waals surface area contributed by atoms with Crippen LogP contribution in [-0.4, -0.2) is 17.4 Å². The second kappa shape index (κ2) is 8.81. The fourth-order valence-corrected chi connectivity index (χ4v) is 3.26. The molecule has 0 saturated carbocycles. The molecule has 3 aromatic rings. The maximum absolute atomic E-state index is 12.9. The van der Waals surface area contributed by atoms with Gasteiger partial charge < -0.3 is 5.32 Å². The lowest BCUT2D eigenvalue weighted by atomic mass is 10.0. The maximum Gasteiger partial charge on any atom is 0.252 e. The number of hydrogen-bond acceptors (Lipinski definition) is 2. The monoisotopic (exact) mass is 360 g/mol. The van der Waals surface area contributed by atoms with Crippen molar-refractivity contribution in [1.29, 1.82) is 0 Å². The molecule has 0 unspecified atom stereocenters. The Balaban J connectivity index is 1.93. The zero-order valence-electron chi connectivity index (χ0n) is 16.5. The zero-order chi connectivity index (χ0) is 19.2. The van der Waals surface area contributed by atoms with Crippen molar-refractivity contribution in [3.8, 4) is 11.3 Å². The Bertz CT molecular complexity index is 946. The minimum atomic E-state index is -0.0183. The van der Waals surface area contributed by atoms with E-state index in [1.165, 1.54) is 24.0 Å². The Morgan fingerprint density at radius 3 is 2.56 bits per heavy atom. The fourth-order valence-electron chi connectivity index (χ4n) is 3.26. The molecule has 0 spiro atoms. The standard InChI is InChI=1S/C24H28N2O/c1-4-5-6-9-14-25-24(27)21-16-23(19-13-12-17(2)18(3)15-19)26-22-11-8-7-10-20(21)22/h7-8,10-13,15-16H,4-6,9,14H2,1-3H3,(H,25,27). The molecule has 2 aromatic carbocycles. The molecule has 0 aliphatic rings. The van der Waals surface area contributed by atoms with Crippen molar-refractivity contribution < 1.29 is 4.79 Å². The van der Waals surface area contributed by atoms with Crippen LogP contribution in [0.3, 0.4) is 0 Å². The number of aryl methyl sites for hydroxylation is 2. The molecule has 0 aliphatic heterocycles. The lowest BCUT2D eigenvalue weighted by Crippen LogP contribution is -2.24. The van der Waals surface area contributed by atoms with Crippen LogP contribution in [0, 0.1) is 13.8 Å². The molecule has 3 heteroatoms. The van der Waals surface area contributed by atoms with E-state index < -0.39 is 0 Å². The molecular formula is C24H28N2O. The van der Waals surface area contributed by atoms with Gasteiger partial charge in [0.05, 0.1) is 16.8 Å². The number of unbranched alkanes of at least 4 members (excludes halogenated alkanes) is 3. The number of hydrogen-bond donors (Lipinski definition) is 1. The van der Waals surface area contributed by atoms with E-state index in [1.54, 1.807) is 0 Å². The number of aromatic nitrogens is 1. The third kappa shape index (κ3) is 4.54. The third-order valence-corrected chi connectivity index (χ3v) is 5.08. The molecule has 3 nitrogen and oxygen atoms in total. The minimum Gasteiger partial charge on any atom is -0.352 e. The second-order valence-corrected chi connectivity index (χ2v) is 7.19. The van der Waals surface area contributed by atoms with Crippen LogP contribution in [0.2, 0.25) is 0 Å². The van der Waals surface area contributed by atoms with Gasteiger partial charge in [0.15, 0.2) is 0 Å². The number of nitrogens with one attached hydrogen (secondary N) is 1. The van der Waals surface area contributed by atoms with Crippen LogP contribution in [0.4, 0.5) is 0 Å². The van der Waals surface area contributed by atoms with Crippen LogP contribution in [0.25, 0.3) is 22.2 Å². The summed E-state index contributed by atoms with van der Waals surface area (Å²) in [6.07, 6.45) is 4.58. The van der Waals surface area contributed by atoms with E-state index >= 15 is 0 Å². The maximum atomic E-state index is 12.9. The van der Waals surface area contributed by atoms with E-state index in [1.807, 2.05) is 30.3 Å². The largest absolute Gasteiger partial charge is 0.352 e. The van der Waals surface area contributed by atoms with Gasteiger partial charge in [-0.15, -0.1) is 0 Å². The number of para-hydroxylation sites is 1. The molecular weight excluding hydrogens is 332 g/mol. The Labute approximate surface area is 161 Å². The first-order valence-corrected chi connectivity index (χ1v) is 9.85. The Hall–Kier alpha value is -2.68. The molecule has 3 rings (SSSR count). The molecule has 1 aromatic heterocycles. The Kier molecular flexibility index (Phi) is 6.23. The number of benzene rings is 2. The summed E-state index contributed by atoms with van der Waals surface area (Å²) in [6, 6.07) is 16.1. The average molecular weight is 361 g/mol. The number of rotatable bonds is 7. The Morgan fingerprint density at radius 1 is 0.963 bits per heavy atom. The SMILES string of the molecule is CCCCCCNC(=O)c1cc(-c2ccc(C)c(C)c2)nc2ccccc12. The van der Waals surface area contributed by atoms with Crippen LogP contribution in [0.1, 0.15) is 54.1 Å². The molecule has 1 heterocycles. The molecule has 140 valence electrons. The Morgan fingerprint density at radius 2 is 1.78 bits per heavy atom. The van der Waals surface area contributed by atoms with E-state index in [0.29, 0.717) is 12.1 Å². The summed E-state index contributed by atoms with van der Waals surface area (Å²) in [4.78, 5) is 17.7. The minimum absolute atomic E-state index is 0.0183. The molecule has 0 saturated heterocycles. The fraction of sp³-hybridized carbons (Fsp3) is 0.333. The highest BCUT2D eigenvalue weighted by atomic mass is 16.1. The van der Waals surface area contributed by atoms with Gasteiger partial charge in [-0.3, -0.25) is 4.79 Å². The highest BCUT2D eigenvalue weighted by Crippen LogP contribution is 2.26. The van der Waals surface area contributed by atoms with Crippen molar-refractivity contribution in [1.82, 2.24) is 10.3 Å². The summed E-state index contributed by atoms with van der Waals surface area (Å²) in [5.41, 5.74) is 5.91. The lowest BCUT2D eigenvalue weighted by molar-refractivity contribution is 0.0954. The number of carbonyl (C=O) groups is 1. The lowest BCUT2D eigenvalue weighted by Gasteiger charge is -2.11. The quantitative estimate of drug-likeness (QED) is 0.539. The smallest absolute Gasteiger partial charge is 0.252 e. The van der Waals surface area contributed by atoms with Gasteiger partial charge >= 0.3 is 0 Å². The van der Waals surface area contributed by atoms with Crippen molar-refractivity contribution in [3.63, 3.8) is 0 Å². The van der Waals surface area contributed by atoms with E-state index in [2.05, 4.69) is 44.3 Å². The summed E-state index contributed by atoms with van der Waals surface area (Å²) in [6.45, 7) is 7.11. The van der Waals surface area contributed by atoms with E-state index in [9.17, 15) is 4.79 Å². The molecule has 27 heavy (non-hydrogen) atoms. The average Bonchev–Trinajstić information content (AvgIpc) is 2.69. The molecule has 0 aliphatic carbocycles. The van der Waals surface area contributed by atoms with Gasteiger partial charge in [0, 0.05) is 17.5 Å². The number of amides is 1. The van der Waals surface area contributed by atoms with Gasteiger partial charge in [-0.25, -0.2) is 4.98 Å². The van der Waals surface area contributed by atoms with Gasteiger partial charge in [0.2, 0.25) is 0 Å².